The van der Waals surface area contributed by atoms with E-state index in [0.29, 0.717) is 0 Å². The fraction of sp³-hybridized carbons (Fsp3) is 1.00. The Hall–Kier alpha value is -0.0551. The summed E-state index contributed by atoms with van der Waals surface area (Å²) in [7, 11) is -1.12. The van der Waals surface area contributed by atoms with Gasteiger partial charge in [-0.05, 0) is 19.5 Å². The molecule has 0 aromatic carbocycles. The van der Waals surface area contributed by atoms with Crippen LogP contribution in [-0.2, 0) is 0 Å². The smallest absolute Gasteiger partial charge is 0.427 e. The first-order valence-electron chi connectivity index (χ1n) is 2.87. The van der Waals surface area contributed by atoms with Crippen molar-refractivity contribution in [2.24, 2.45) is 0 Å². The molecule has 8 heavy (non-hydrogen) atoms. The second-order valence-electron chi connectivity index (χ2n) is 2.17. The molecular formula is C4H10BNO2. The number of hydrogen-bond acceptors (Lipinski definition) is 3. The quantitative estimate of drug-likeness (QED) is 0.377. The Bertz CT molecular complexity index is 72.4. The van der Waals surface area contributed by atoms with E-state index in [1.807, 2.05) is 0 Å². The van der Waals surface area contributed by atoms with Crippen molar-refractivity contribution in [3.05, 3.63) is 0 Å². The molecule has 1 saturated heterocycles. The molecule has 0 aromatic heterocycles. The van der Waals surface area contributed by atoms with E-state index in [0.717, 1.165) is 19.5 Å². The summed E-state index contributed by atoms with van der Waals surface area (Å²) in [5, 5.41) is 20.2. The van der Waals surface area contributed by atoms with E-state index in [1.165, 1.54) is 0 Å². The Balaban J connectivity index is 2.24. The summed E-state index contributed by atoms with van der Waals surface area (Å²) in [4.78, 5) is 0. The molecule has 0 saturated carbocycles. The third kappa shape index (κ3) is 1.21. The largest absolute Gasteiger partial charge is 0.456 e. The predicted octanol–water partition coefficient (Wildman–Crippen LogP) is -1.18. The molecule has 1 fully saturated rings. The Kier molecular flexibility index (Phi) is 1.88. The highest BCUT2D eigenvalue weighted by Crippen LogP contribution is 2.14. The average Bonchev–Trinajstić information content (AvgIpc) is 2.12. The summed E-state index contributed by atoms with van der Waals surface area (Å²) in [5.74, 6) is 0.0648. The SMILES string of the molecule is OB(O)[C@H]1CCNC1. The highest BCUT2D eigenvalue weighted by Gasteiger charge is 2.25. The standard InChI is InChI=1S/C4H10BNO2/c7-5(8)4-1-2-6-3-4/h4,6-8H,1-3H2/t4-/m0/s1. The minimum atomic E-state index is -1.12. The second-order valence-corrected chi connectivity index (χ2v) is 2.17. The molecule has 0 unspecified atom stereocenters. The maximum absolute atomic E-state index is 8.57. The molecule has 1 aliphatic heterocycles. The van der Waals surface area contributed by atoms with Crippen molar-refractivity contribution >= 4 is 7.12 Å². The van der Waals surface area contributed by atoms with Crippen molar-refractivity contribution in [3.8, 4) is 0 Å². The van der Waals surface area contributed by atoms with Gasteiger partial charge in [-0.15, -0.1) is 0 Å². The average molecular weight is 115 g/mol. The molecule has 0 bridgehead atoms. The van der Waals surface area contributed by atoms with Crippen LogP contribution in [-0.4, -0.2) is 30.3 Å². The third-order valence-corrected chi connectivity index (χ3v) is 1.52. The first-order valence-corrected chi connectivity index (χ1v) is 2.87. The van der Waals surface area contributed by atoms with Crippen LogP contribution in [0.2, 0.25) is 5.82 Å². The summed E-state index contributed by atoms with van der Waals surface area (Å²) in [6.07, 6.45) is 0.887. The molecule has 3 N–H and O–H groups in total. The topological polar surface area (TPSA) is 52.5 Å². The van der Waals surface area contributed by atoms with E-state index in [-0.39, 0.29) is 5.82 Å². The summed E-state index contributed by atoms with van der Waals surface area (Å²) in [6, 6.07) is 0. The van der Waals surface area contributed by atoms with Gasteiger partial charge in [0, 0.05) is 5.82 Å². The fourth-order valence-electron chi connectivity index (χ4n) is 0.931. The molecule has 1 atom stereocenters. The first-order chi connectivity index (χ1) is 3.80. The van der Waals surface area contributed by atoms with Gasteiger partial charge in [0.05, 0.1) is 0 Å². The van der Waals surface area contributed by atoms with Gasteiger partial charge in [0.2, 0.25) is 0 Å². The van der Waals surface area contributed by atoms with Crippen LogP contribution >= 0.6 is 0 Å². The molecule has 0 radical (unpaired) electrons. The Morgan fingerprint density at radius 2 is 2.25 bits per heavy atom. The normalized spacial score (nSPS) is 28.5. The van der Waals surface area contributed by atoms with Crippen LogP contribution in [0.4, 0.5) is 0 Å². The van der Waals surface area contributed by atoms with Gasteiger partial charge in [0.1, 0.15) is 0 Å². The zero-order valence-electron chi connectivity index (χ0n) is 4.67. The number of hydrogen-bond donors (Lipinski definition) is 3. The van der Waals surface area contributed by atoms with Crippen molar-refractivity contribution in [1.29, 1.82) is 0 Å². The van der Waals surface area contributed by atoms with Crippen molar-refractivity contribution < 1.29 is 10.0 Å². The van der Waals surface area contributed by atoms with E-state index in [2.05, 4.69) is 5.32 Å². The van der Waals surface area contributed by atoms with Gasteiger partial charge in [-0.2, -0.15) is 0 Å². The molecular weight excluding hydrogens is 105 g/mol. The molecule has 46 valence electrons. The van der Waals surface area contributed by atoms with E-state index in [4.69, 9.17) is 10.0 Å². The minimum Gasteiger partial charge on any atom is -0.427 e. The van der Waals surface area contributed by atoms with E-state index < -0.39 is 7.12 Å². The van der Waals surface area contributed by atoms with Gasteiger partial charge in [-0.3, -0.25) is 0 Å². The molecule has 0 aromatic rings. The molecule has 1 heterocycles. The van der Waals surface area contributed by atoms with E-state index in [1.54, 1.807) is 0 Å². The first kappa shape index (κ1) is 6.07. The molecule has 4 heteroatoms. The number of nitrogens with one attached hydrogen (secondary N) is 1. The summed E-state index contributed by atoms with van der Waals surface area (Å²) >= 11 is 0. The van der Waals surface area contributed by atoms with Crippen LogP contribution in [0.25, 0.3) is 0 Å². The summed E-state index contributed by atoms with van der Waals surface area (Å²) < 4.78 is 0. The monoisotopic (exact) mass is 115 g/mol. The van der Waals surface area contributed by atoms with Gasteiger partial charge in [-0.25, -0.2) is 0 Å². The fourth-order valence-corrected chi connectivity index (χ4v) is 0.931. The molecule has 3 nitrogen and oxygen atoms in total. The Labute approximate surface area is 48.9 Å². The van der Waals surface area contributed by atoms with Crippen LogP contribution in [0.3, 0.4) is 0 Å². The minimum absolute atomic E-state index is 0.0648. The molecule has 0 spiro atoms. The number of rotatable bonds is 1. The lowest BCUT2D eigenvalue weighted by Crippen LogP contribution is -2.21. The Morgan fingerprint density at radius 1 is 1.50 bits per heavy atom. The zero-order valence-corrected chi connectivity index (χ0v) is 4.67. The van der Waals surface area contributed by atoms with Gasteiger partial charge in [0.25, 0.3) is 0 Å². The summed E-state index contributed by atoms with van der Waals surface area (Å²) in [6.45, 7) is 1.67. The third-order valence-electron chi connectivity index (χ3n) is 1.52. The van der Waals surface area contributed by atoms with Gasteiger partial charge < -0.3 is 15.4 Å². The Morgan fingerprint density at radius 3 is 2.50 bits per heavy atom. The molecule has 0 aliphatic carbocycles. The highest BCUT2D eigenvalue weighted by atomic mass is 16.4. The summed E-state index contributed by atoms with van der Waals surface area (Å²) in [5.41, 5.74) is 0. The lowest BCUT2D eigenvalue weighted by atomic mass is 9.72. The molecule has 1 aliphatic rings. The lowest BCUT2D eigenvalue weighted by Gasteiger charge is -2.02. The highest BCUT2D eigenvalue weighted by molar-refractivity contribution is 6.43. The lowest BCUT2D eigenvalue weighted by molar-refractivity contribution is 0.388. The van der Waals surface area contributed by atoms with Crippen LogP contribution in [0.1, 0.15) is 6.42 Å². The van der Waals surface area contributed by atoms with Crippen LogP contribution < -0.4 is 5.32 Å². The maximum atomic E-state index is 8.57. The second kappa shape index (κ2) is 2.48. The van der Waals surface area contributed by atoms with Gasteiger partial charge in [0.15, 0.2) is 0 Å². The maximum Gasteiger partial charge on any atom is 0.456 e. The van der Waals surface area contributed by atoms with Gasteiger partial charge >= 0.3 is 7.12 Å². The van der Waals surface area contributed by atoms with Gasteiger partial charge in [-0.1, -0.05) is 0 Å². The van der Waals surface area contributed by atoms with Crippen molar-refractivity contribution in [1.82, 2.24) is 5.32 Å². The molecule has 1 rings (SSSR count). The predicted molar refractivity (Wildman–Crippen MR) is 31.4 cm³/mol. The van der Waals surface area contributed by atoms with Crippen molar-refractivity contribution in [2.45, 2.75) is 12.2 Å². The van der Waals surface area contributed by atoms with E-state index in [9.17, 15) is 0 Å². The van der Waals surface area contributed by atoms with Crippen LogP contribution in [0.15, 0.2) is 0 Å². The molecule has 0 amide bonds. The van der Waals surface area contributed by atoms with Crippen LogP contribution in [0, 0.1) is 0 Å². The zero-order chi connectivity index (χ0) is 5.98. The van der Waals surface area contributed by atoms with Crippen molar-refractivity contribution in [2.75, 3.05) is 13.1 Å². The van der Waals surface area contributed by atoms with E-state index >= 15 is 0 Å². The van der Waals surface area contributed by atoms with Crippen molar-refractivity contribution in [3.63, 3.8) is 0 Å². The van der Waals surface area contributed by atoms with Crippen LogP contribution in [0.5, 0.6) is 0 Å².